The summed E-state index contributed by atoms with van der Waals surface area (Å²) in [6, 6.07) is 9.96. The Morgan fingerprint density at radius 1 is 1.14 bits per heavy atom. The molecule has 0 amide bonds. The molecule has 0 unspecified atom stereocenters. The van der Waals surface area contributed by atoms with Gasteiger partial charge < -0.3 is 4.90 Å². The lowest BCUT2D eigenvalue weighted by Gasteiger charge is -2.34. The molecule has 1 saturated heterocycles. The van der Waals surface area contributed by atoms with Gasteiger partial charge in [0.15, 0.2) is 11.2 Å². The van der Waals surface area contributed by atoms with Crippen molar-refractivity contribution < 1.29 is 0 Å². The van der Waals surface area contributed by atoms with Crippen molar-refractivity contribution in [1.82, 2.24) is 24.0 Å². The molecule has 0 spiro atoms. The average Bonchev–Trinajstić information content (AvgIpc) is 3.08. The maximum Gasteiger partial charge on any atom is 0.329 e. The summed E-state index contributed by atoms with van der Waals surface area (Å²) in [6.45, 7) is 8.59. The summed E-state index contributed by atoms with van der Waals surface area (Å²) in [5, 5.41) is 0. The summed E-state index contributed by atoms with van der Waals surface area (Å²) in [6.07, 6.45) is 1.91. The van der Waals surface area contributed by atoms with Crippen molar-refractivity contribution in [2.24, 2.45) is 7.05 Å². The molecule has 3 aromatic rings. The van der Waals surface area contributed by atoms with E-state index in [9.17, 15) is 9.59 Å². The molecule has 146 valence electrons. The van der Waals surface area contributed by atoms with E-state index in [0.717, 1.165) is 44.2 Å². The van der Waals surface area contributed by atoms with Gasteiger partial charge in [0.25, 0.3) is 5.56 Å². The summed E-state index contributed by atoms with van der Waals surface area (Å²) >= 11 is 0. The van der Waals surface area contributed by atoms with Gasteiger partial charge in [0.05, 0.1) is 6.54 Å². The Bertz CT molecular complexity index is 1100. The second-order valence-corrected chi connectivity index (χ2v) is 7.05. The Kier molecular flexibility index (Phi) is 4.87. The predicted octanol–water partition coefficient (Wildman–Crippen LogP) is 0.780. The van der Waals surface area contributed by atoms with Crippen LogP contribution in [-0.2, 0) is 13.6 Å². The van der Waals surface area contributed by atoms with Crippen LogP contribution in [0.25, 0.3) is 11.2 Å². The first kappa shape index (κ1) is 18.2. The number of fused-ring (bicyclic) bond motifs is 1. The summed E-state index contributed by atoms with van der Waals surface area (Å²) in [7, 11) is 1.63. The van der Waals surface area contributed by atoms with Crippen molar-refractivity contribution in [1.29, 1.82) is 0 Å². The topological polar surface area (TPSA) is 79.2 Å². The molecule has 2 aromatic heterocycles. The minimum atomic E-state index is -0.454. The molecule has 3 heterocycles. The molecule has 8 heteroatoms. The van der Waals surface area contributed by atoms with Gasteiger partial charge in [-0.3, -0.25) is 23.8 Å². The number of aromatic amines is 1. The summed E-state index contributed by atoms with van der Waals surface area (Å²) in [5.41, 5.74) is 1.05. The molecule has 1 aromatic carbocycles. The number of aromatic nitrogens is 4. The van der Waals surface area contributed by atoms with E-state index in [-0.39, 0.29) is 0 Å². The highest BCUT2D eigenvalue weighted by molar-refractivity contribution is 5.74. The molecule has 0 atom stereocenters. The fourth-order valence-corrected chi connectivity index (χ4v) is 3.69. The van der Waals surface area contributed by atoms with Crippen LogP contribution in [0.5, 0.6) is 0 Å². The number of hydrogen-bond donors (Lipinski definition) is 1. The van der Waals surface area contributed by atoms with E-state index in [4.69, 9.17) is 4.98 Å². The third-order valence-electron chi connectivity index (χ3n) is 5.21. The maximum absolute atomic E-state index is 12.6. The quantitative estimate of drug-likeness (QED) is 0.662. The number of nitrogens with one attached hydrogen (secondary N) is 1. The standard InChI is InChI=1S/C20H24N6O2/c1-3-9-24-10-12-25(13-11-24)19-21-17-16(18(27)22-20(28)23(17)2)26(19)14-15-7-5-4-6-8-15/h3-8H,1,9-14H2,2H3,(H,22,27,28). The van der Waals surface area contributed by atoms with Crippen molar-refractivity contribution in [2.45, 2.75) is 6.54 Å². The van der Waals surface area contributed by atoms with Crippen molar-refractivity contribution in [3.63, 3.8) is 0 Å². The van der Waals surface area contributed by atoms with E-state index < -0.39 is 11.2 Å². The van der Waals surface area contributed by atoms with Crippen LogP contribution in [0, 0.1) is 0 Å². The maximum atomic E-state index is 12.6. The highest BCUT2D eigenvalue weighted by Gasteiger charge is 2.24. The SMILES string of the molecule is C=CCN1CCN(c2nc3c(c(=O)[nH]c(=O)n3C)n2Cc2ccccc2)CC1. The monoisotopic (exact) mass is 380 g/mol. The summed E-state index contributed by atoms with van der Waals surface area (Å²) in [4.78, 5) is 36.3. The second-order valence-electron chi connectivity index (χ2n) is 7.05. The van der Waals surface area contributed by atoms with E-state index >= 15 is 0 Å². The van der Waals surface area contributed by atoms with Crippen molar-refractivity contribution >= 4 is 17.1 Å². The van der Waals surface area contributed by atoms with Crippen molar-refractivity contribution in [2.75, 3.05) is 37.6 Å². The van der Waals surface area contributed by atoms with Crippen LogP contribution in [0.2, 0.25) is 0 Å². The fraction of sp³-hybridized carbons (Fsp3) is 0.350. The van der Waals surface area contributed by atoms with Crippen LogP contribution in [0.3, 0.4) is 0 Å². The van der Waals surface area contributed by atoms with Crippen LogP contribution < -0.4 is 16.1 Å². The molecule has 1 aliphatic heterocycles. The fourth-order valence-electron chi connectivity index (χ4n) is 3.69. The Balaban J connectivity index is 1.81. The number of anilines is 1. The smallest absolute Gasteiger partial charge is 0.329 e. The van der Waals surface area contributed by atoms with Gasteiger partial charge in [-0.15, -0.1) is 6.58 Å². The molecule has 0 radical (unpaired) electrons. The molecule has 8 nitrogen and oxygen atoms in total. The Hall–Kier alpha value is -3.13. The van der Waals surface area contributed by atoms with Gasteiger partial charge in [0.2, 0.25) is 5.95 Å². The zero-order chi connectivity index (χ0) is 19.7. The van der Waals surface area contributed by atoms with Gasteiger partial charge in [-0.1, -0.05) is 36.4 Å². The lowest BCUT2D eigenvalue weighted by atomic mass is 10.2. The number of aryl methyl sites for hydroxylation is 1. The van der Waals surface area contributed by atoms with Crippen molar-refractivity contribution in [3.8, 4) is 0 Å². The molecule has 0 aliphatic carbocycles. The molecule has 1 N–H and O–H groups in total. The lowest BCUT2D eigenvalue weighted by Crippen LogP contribution is -2.47. The van der Waals surface area contributed by atoms with E-state index in [1.807, 2.05) is 41.0 Å². The molecule has 4 rings (SSSR count). The first-order chi connectivity index (χ1) is 13.6. The number of nitrogens with zero attached hydrogens (tertiary/aromatic N) is 5. The van der Waals surface area contributed by atoms with Crippen LogP contribution in [-0.4, -0.2) is 56.7 Å². The second kappa shape index (κ2) is 7.47. The van der Waals surface area contributed by atoms with Gasteiger partial charge >= 0.3 is 5.69 Å². The molecule has 0 bridgehead atoms. The zero-order valence-corrected chi connectivity index (χ0v) is 16.0. The third-order valence-corrected chi connectivity index (χ3v) is 5.21. The minimum absolute atomic E-state index is 0.405. The Labute approximate surface area is 162 Å². The van der Waals surface area contributed by atoms with Gasteiger partial charge in [0.1, 0.15) is 0 Å². The summed E-state index contributed by atoms with van der Waals surface area (Å²) < 4.78 is 3.32. The molecule has 1 aliphatic rings. The number of piperazine rings is 1. The van der Waals surface area contributed by atoms with E-state index in [1.165, 1.54) is 4.57 Å². The first-order valence-corrected chi connectivity index (χ1v) is 9.40. The van der Waals surface area contributed by atoms with E-state index in [2.05, 4.69) is 21.4 Å². The molecular weight excluding hydrogens is 356 g/mol. The highest BCUT2D eigenvalue weighted by Crippen LogP contribution is 2.22. The average molecular weight is 380 g/mol. The lowest BCUT2D eigenvalue weighted by molar-refractivity contribution is 0.282. The number of imidazole rings is 1. The summed E-state index contributed by atoms with van der Waals surface area (Å²) in [5.74, 6) is 0.726. The Morgan fingerprint density at radius 3 is 2.54 bits per heavy atom. The Morgan fingerprint density at radius 2 is 1.86 bits per heavy atom. The molecular formula is C20H24N6O2. The van der Waals surface area contributed by atoms with Gasteiger partial charge in [-0.2, -0.15) is 4.98 Å². The molecule has 28 heavy (non-hydrogen) atoms. The van der Waals surface area contributed by atoms with E-state index in [0.29, 0.717) is 17.7 Å². The predicted molar refractivity (Wildman–Crippen MR) is 110 cm³/mol. The number of rotatable bonds is 5. The molecule has 0 saturated carbocycles. The van der Waals surface area contributed by atoms with Crippen LogP contribution >= 0.6 is 0 Å². The van der Waals surface area contributed by atoms with Crippen LogP contribution in [0.15, 0.2) is 52.6 Å². The van der Waals surface area contributed by atoms with Crippen molar-refractivity contribution in [3.05, 3.63) is 69.4 Å². The molecule has 1 fully saturated rings. The highest BCUT2D eigenvalue weighted by atomic mass is 16.2. The number of benzene rings is 1. The van der Waals surface area contributed by atoms with Crippen LogP contribution in [0.1, 0.15) is 5.56 Å². The van der Waals surface area contributed by atoms with Gasteiger partial charge in [-0.25, -0.2) is 4.79 Å². The van der Waals surface area contributed by atoms with Crippen LogP contribution in [0.4, 0.5) is 5.95 Å². The normalized spacial score (nSPS) is 15.2. The minimum Gasteiger partial charge on any atom is -0.340 e. The third kappa shape index (κ3) is 3.27. The number of hydrogen-bond acceptors (Lipinski definition) is 5. The number of H-pyrrole nitrogens is 1. The van der Waals surface area contributed by atoms with E-state index in [1.54, 1.807) is 7.05 Å². The van der Waals surface area contributed by atoms with Gasteiger partial charge in [-0.05, 0) is 5.56 Å². The first-order valence-electron chi connectivity index (χ1n) is 9.40. The van der Waals surface area contributed by atoms with Gasteiger partial charge in [0, 0.05) is 39.8 Å². The zero-order valence-electron chi connectivity index (χ0n) is 16.0. The largest absolute Gasteiger partial charge is 0.340 e.